The van der Waals surface area contributed by atoms with Crippen LogP contribution < -0.4 is 5.32 Å². The third-order valence-electron chi connectivity index (χ3n) is 2.43. The number of nitrogens with one attached hydrogen (secondary N) is 1. The molecule has 1 unspecified atom stereocenters. The summed E-state index contributed by atoms with van der Waals surface area (Å²) in [5.74, 6) is 1.46. The molecule has 1 saturated heterocycles. The van der Waals surface area contributed by atoms with Gasteiger partial charge in [-0.15, -0.1) is 11.8 Å². The molecule has 0 saturated carbocycles. The summed E-state index contributed by atoms with van der Waals surface area (Å²) < 4.78 is 0. The average molecular weight is 209 g/mol. The second-order valence-corrected chi connectivity index (χ2v) is 4.70. The zero-order valence-corrected chi connectivity index (χ0v) is 8.89. The summed E-state index contributed by atoms with van der Waals surface area (Å²) in [6.07, 6.45) is 2.58. The Morgan fingerprint density at radius 1 is 1.50 bits per heavy atom. The fourth-order valence-corrected chi connectivity index (χ4v) is 2.73. The molecule has 76 valence electrons. The van der Waals surface area contributed by atoms with Crippen LogP contribution in [0.3, 0.4) is 0 Å². The number of hydrogen-bond donors (Lipinski definition) is 2. The topological polar surface area (TPSA) is 32.3 Å². The van der Waals surface area contributed by atoms with Gasteiger partial charge in [0, 0.05) is 16.7 Å². The largest absolute Gasteiger partial charge is 0.508 e. The highest BCUT2D eigenvalue weighted by Crippen LogP contribution is 2.24. The molecule has 1 aliphatic rings. The van der Waals surface area contributed by atoms with Crippen molar-refractivity contribution in [1.82, 2.24) is 5.32 Å². The Morgan fingerprint density at radius 2 is 2.43 bits per heavy atom. The Labute approximate surface area is 88.7 Å². The van der Waals surface area contributed by atoms with E-state index in [9.17, 15) is 5.11 Å². The van der Waals surface area contributed by atoms with Crippen molar-refractivity contribution >= 4 is 11.8 Å². The first kappa shape index (κ1) is 9.87. The maximum Gasteiger partial charge on any atom is 0.116 e. The first-order chi connectivity index (χ1) is 6.84. The van der Waals surface area contributed by atoms with Crippen LogP contribution in [0.15, 0.2) is 29.2 Å². The fourth-order valence-electron chi connectivity index (χ4n) is 1.67. The van der Waals surface area contributed by atoms with Crippen molar-refractivity contribution in [3.8, 4) is 5.75 Å². The van der Waals surface area contributed by atoms with Gasteiger partial charge in [0.15, 0.2) is 0 Å². The second kappa shape index (κ2) is 4.71. The van der Waals surface area contributed by atoms with Gasteiger partial charge in [0.05, 0.1) is 0 Å². The van der Waals surface area contributed by atoms with E-state index in [-0.39, 0.29) is 0 Å². The summed E-state index contributed by atoms with van der Waals surface area (Å²) >= 11 is 1.81. The van der Waals surface area contributed by atoms with Crippen molar-refractivity contribution in [2.45, 2.75) is 23.8 Å². The van der Waals surface area contributed by atoms with E-state index in [4.69, 9.17) is 0 Å². The summed E-state index contributed by atoms with van der Waals surface area (Å²) in [5.41, 5.74) is 0. The molecule has 1 heterocycles. The number of phenolic OH excluding ortho intramolecular Hbond substituents is 1. The summed E-state index contributed by atoms with van der Waals surface area (Å²) in [5, 5.41) is 12.7. The number of phenols is 1. The number of hydrogen-bond acceptors (Lipinski definition) is 3. The first-order valence-corrected chi connectivity index (χ1v) is 5.98. The molecule has 1 aliphatic heterocycles. The molecule has 0 radical (unpaired) electrons. The lowest BCUT2D eigenvalue weighted by molar-refractivity contribution is 0.474. The van der Waals surface area contributed by atoms with E-state index in [0.717, 1.165) is 17.2 Å². The molecule has 2 N–H and O–H groups in total. The highest BCUT2D eigenvalue weighted by molar-refractivity contribution is 7.99. The lowest BCUT2D eigenvalue weighted by atomic mass is 10.3. The molecule has 1 aromatic rings. The summed E-state index contributed by atoms with van der Waals surface area (Å²) in [6.45, 7) is 1.16. The number of aromatic hydroxyl groups is 1. The van der Waals surface area contributed by atoms with Crippen molar-refractivity contribution in [2.24, 2.45) is 0 Å². The van der Waals surface area contributed by atoms with Gasteiger partial charge in [-0.25, -0.2) is 0 Å². The zero-order chi connectivity index (χ0) is 9.80. The predicted molar refractivity (Wildman–Crippen MR) is 59.9 cm³/mol. The number of benzene rings is 1. The minimum Gasteiger partial charge on any atom is -0.508 e. The summed E-state index contributed by atoms with van der Waals surface area (Å²) in [6, 6.07) is 8.11. The lowest BCUT2D eigenvalue weighted by Crippen LogP contribution is -2.23. The van der Waals surface area contributed by atoms with Gasteiger partial charge in [0.1, 0.15) is 5.75 Å². The van der Waals surface area contributed by atoms with Crippen LogP contribution in [0.4, 0.5) is 0 Å². The molecule has 14 heavy (non-hydrogen) atoms. The highest BCUT2D eigenvalue weighted by Gasteiger charge is 2.13. The van der Waals surface area contributed by atoms with E-state index < -0.39 is 0 Å². The highest BCUT2D eigenvalue weighted by atomic mass is 32.2. The smallest absolute Gasteiger partial charge is 0.116 e. The fraction of sp³-hybridized carbons (Fsp3) is 0.455. The molecule has 0 amide bonds. The Bertz CT molecular complexity index is 297. The van der Waals surface area contributed by atoms with Gasteiger partial charge in [-0.2, -0.15) is 0 Å². The van der Waals surface area contributed by atoms with Gasteiger partial charge >= 0.3 is 0 Å². The average Bonchev–Trinajstić information content (AvgIpc) is 2.67. The van der Waals surface area contributed by atoms with Crippen LogP contribution in [0.25, 0.3) is 0 Å². The van der Waals surface area contributed by atoms with E-state index in [1.807, 2.05) is 30.0 Å². The van der Waals surface area contributed by atoms with Crippen molar-refractivity contribution in [3.63, 3.8) is 0 Å². The normalized spacial score (nSPS) is 21.3. The summed E-state index contributed by atoms with van der Waals surface area (Å²) in [7, 11) is 0. The Hall–Kier alpha value is -0.670. The van der Waals surface area contributed by atoms with Crippen molar-refractivity contribution in [2.75, 3.05) is 12.3 Å². The van der Waals surface area contributed by atoms with Crippen LogP contribution >= 0.6 is 11.8 Å². The van der Waals surface area contributed by atoms with Crippen LogP contribution in [0.1, 0.15) is 12.8 Å². The van der Waals surface area contributed by atoms with Crippen molar-refractivity contribution in [1.29, 1.82) is 0 Å². The quantitative estimate of drug-likeness (QED) is 0.749. The minimum absolute atomic E-state index is 0.356. The van der Waals surface area contributed by atoms with E-state index in [0.29, 0.717) is 11.8 Å². The Kier molecular flexibility index (Phi) is 3.32. The van der Waals surface area contributed by atoms with Crippen molar-refractivity contribution < 1.29 is 5.11 Å². The van der Waals surface area contributed by atoms with Gasteiger partial charge < -0.3 is 10.4 Å². The van der Waals surface area contributed by atoms with E-state index >= 15 is 0 Å². The number of thioether (sulfide) groups is 1. The number of rotatable bonds is 3. The molecule has 1 aromatic carbocycles. The SMILES string of the molecule is Oc1cccc(SCC2CCCN2)c1. The zero-order valence-electron chi connectivity index (χ0n) is 8.07. The molecule has 0 aliphatic carbocycles. The van der Waals surface area contributed by atoms with Crippen LogP contribution in [0.5, 0.6) is 5.75 Å². The van der Waals surface area contributed by atoms with Gasteiger partial charge in [-0.1, -0.05) is 6.07 Å². The Balaban J connectivity index is 1.85. The molecule has 0 spiro atoms. The molecule has 0 bridgehead atoms. The van der Waals surface area contributed by atoms with Crippen LogP contribution in [-0.4, -0.2) is 23.4 Å². The monoisotopic (exact) mass is 209 g/mol. The van der Waals surface area contributed by atoms with Crippen LogP contribution in [-0.2, 0) is 0 Å². The molecular weight excluding hydrogens is 194 g/mol. The minimum atomic E-state index is 0.356. The first-order valence-electron chi connectivity index (χ1n) is 5.00. The van der Waals surface area contributed by atoms with Crippen LogP contribution in [0, 0.1) is 0 Å². The van der Waals surface area contributed by atoms with Gasteiger partial charge in [0.2, 0.25) is 0 Å². The predicted octanol–water partition coefficient (Wildman–Crippen LogP) is 2.24. The van der Waals surface area contributed by atoms with E-state index in [2.05, 4.69) is 5.32 Å². The Morgan fingerprint density at radius 3 is 3.14 bits per heavy atom. The van der Waals surface area contributed by atoms with E-state index in [1.165, 1.54) is 12.8 Å². The lowest BCUT2D eigenvalue weighted by Gasteiger charge is -2.09. The molecule has 2 nitrogen and oxygen atoms in total. The van der Waals surface area contributed by atoms with E-state index in [1.54, 1.807) is 6.07 Å². The molecular formula is C11H15NOS. The second-order valence-electron chi connectivity index (χ2n) is 3.60. The van der Waals surface area contributed by atoms with Gasteiger partial charge in [-0.05, 0) is 37.6 Å². The molecule has 1 atom stereocenters. The molecule has 2 rings (SSSR count). The standard InChI is InChI=1S/C11H15NOS/c13-10-4-1-5-11(7-10)14-8-9-3-2-6-12-9/h1,4-5,7,9,12-13H,2-3,6,8H2. The maximum atomic E-state index is 9.28. The van der Waals surface area contributed by atoms with Gasteiger partial charge in [-0.3, -0.25) is 0 Å². The molecule has 0 aromatic heterocycles. The third-order valence-corrected chi connectivity index (χ3v) is 3.59. The molecule has 3 heteroatoms. The van der Waals surface area contributed by atoms with Crippen LogP contribution in [0.2, 0.25) is 0 Å². The maximum absolute atomic E-state index is 9.28. The van der Waals surface area contributed by atoms with Gasteiger partial charge in [0.25, 0.3) is 0 Å². The third kappa shape index (κ3) is 2.66. The summed E-state index contributed by atoms with van der Waals surface area (Å²) in [4.78, 5) is 1.15. The van der Waals surface area contributed by atoms with Crippen molar-refractivity contribution in [3.05, 3.63) is 24.3 Å². The molecule has 1 fully saturated rings.